The van der Waals surface area contributed by atoms with Crippen molar-refractivity contribution >= 4 is 0 Å². The van der Waals surface area contributed by atoms with Crippen molar-refractivity contribution in [2.75, 3.05) is 0 Å². The maximum Gasteiger partial charge on any atom is 0.268 e. The van der Waals surface area contributed by atoms with E-state index in [0.717, 1.165) is 0 Å². The quantitative estimate of drug-likeness (QED) is 0.785. The Bertz CT molecular complexity index is 418. The Morgan fingerprint density at radius 2 is 1.06 bits per heavy atom. The molecule has 4 heteroatoms. The Labute approximate surface area is 106 Å². The molecule has 0 saturated heterocycles. The Hall–Kier alpha value is -2.04. The monoisotopic (exact) mass is 244 g/mol. The smallest absolute Gasteiger partial charge is 0.268 e. The van der Waals surface area contributed by atoms with E-state index in [1.807, 2.05) is 60.7 Å². The highest BCUT2D eigenvalue weighted by Crippen LogP contribution is 2.16. The van der Waals surface area contributed by atoms with Gasteiger partial charge in [0.15, 0.2) is 0 Å². The topological polar surface area (TPSA) is 70.5 Å². The summed E-state index contributed by atoms with van der Waals surface area (Å²) in [5.74, 6) is 1.33. The predicted molar refractivity (Wildman–Crippen MR) is 70.1 cm³/mol. The predicted octanol–water partition coefficient (Wildman–Crippen LogP) is 1.71. The highest BCUT2D eigenvalue weighted by Gasteiger charge is 2.17. The van der Waals surface area contributed by atoms with Crippen LogP contribution in [0.15, 0.2) is 60.7 Å². The van der Waals surface area contributed by atoms with Crippen LogP contribution in [0, 0.1) is 0 Å². The second kappa shape index (κ2) is 6.05. The molecule has 0 radical (unpaired) electrons. The van der Waals surface area contributed by atoms with Crippen molar-refractivity contribution in [2.24, 2.45) is 11.5 Å². The van der Waals surface area contributed by atoms with Gasteiger partial charge in [-0.2, -0.15) is 0 Å². The standard InChI is InChI=1S/C14H16N2O2/c15-13(16)14(17-11-7-3-1-4-8-11)18-12-9-5-2-6-10-12/h1-10,13-14H,15-16H2. The molecule has 2 rings (SSSR count). The zero-order chi connectivity index (χ0) is 12.8. The molecule has 0 aliphatic rings. The Morgan fingerprint density at radius 1 is 0.667 bits per heavy atom. The van der Waals surface area contributed by atoms with E-state index < -0.39 is 12.5 Å². The molecule has 0 heterocycles. The number of hydrogen-bond donors (Lipinski definition) is 2. The molecule has 18 heavy (non-hydrogen) atoms. The van der Waals surface area contributed by atoms with E-state index >= 15 is 0 Å². The first-order valence-electron chi connectivity index (χ1n) is 5.70. The largest absolute Gasteiger partial charge is 0.452 e. The zero-order valence-corrected chi connectivity index (χ0v) is 9.90. The molecular weight excluding hydrogens is 228 g/mol. The molecule has 0 unspecified atom stereocenters. The van der Waals surface area contributed by atoms with E-state index in [9.17, 15) is 0 Å². The van der Waals surface area contributed by atoms with Crippen LogP contribution in [0.3, 0.4) is 0 Å². The van der Waals surface area contributed by atoms with Crippen molar-refractivity contribution in [3.8, 4) is 11.5 Å². The molecule has 2 aromatic rings. The minimum Gasteiger partial charge on any atom is -0.452 e. The molecule has 0 amide bonds. The number of rotatable bonds is 5. The average Bonchev–Trinajstić information content (AvgIpc) is 2.40. The van der Waals surface area contributed by atoms with Gasteiger partial charge in [0.05, 0.1) is 0 Å². The van der Waals surface area contributed by atoms with E-state index in [2.05, 4.69) is 0 Å². The normalized spacial score (nSPS) is 10.7. The second-order valence-electron chi connectivity index (χ2n) is 3.81. The summed E-state index contributed by atoms with van der Waals surface area (Å²) in [5, 5.41) is 0. The fourth-order valence-electron chi connectivity index (χ4n) is 1.45. The third-order valence-corrected chi connectivity index (χ3v) is 2.31. The van der Waals surface area contributed by atoms with Gasteiger partial charge < -0.3 is 20.9 Å². The second-order valence-corrected chi connectivity index (χ2v) is 3.81. The fourth-order valence-corrected chi connectivity index (χ4v) is 1.45. The Morgan fingerprint density at radius 3 is 1.39 bits per heavy atom. The van der Waals surface area contributed by atoms with Gasteiger partial charge in [0.2, 0.25) is 0 Å². The van der Waals surface area contributed by atoms with Crippen molar-refractivity contribution in [1.82, 2.24) is 0 Å². The highest BCUT2D eigenvalue weighted by molar-refractivity contribution is 5.23. The highest BCUT2D eigenvalue weighted by atomic mass is 16.7. The van der Waals surface area contributed by atoms with Crippen LogP contribution in [-0.2, 0) is 0 Å². The summed E-state index contributed by atoms with van der Waals surface area (Å²) in [6, 6.07) is 18.6. The number of ether oxygens (including phenoxy) is 2. The Balaban J connectivity index is 2.05. The van der Waals surface area contributed by atoms with Gasteiger partial charge in [-0.05, 0) is 24.3 Å². The molecule has 0 aliphatic carbocycles. The molecule has 0 aliphatic heterocycles. The van der Waals surface area contributed by atoms with Crippen molar-refractivity contribution < 1.29 is 9.47 Å². The third kappa shape index (κ3) is 3.48. The van der Waals surface area contributed by atoms with Crippen LogP contribution in [0.1, 0.15) is 0 Å². The van der Waals surface area contributed by atoms with Crippen molar-refractivity contribution in [2.45, 2.75) is 12.5 Å². The SMILES string of the molecule is NC(N)C(Oc1ccccc1)Oc1ccccc1. The van der Waals surface area contributed by atoms with E-state index in [4.69, 9.17) is 20.9 Å². The molecule has 2 aromatic carbocycles. The zero-order valence-electron chi connectivity index (χ0n) is 9.90. The first kappa shape index (κ1) is 12.4. The summed E-state index contributed by atoms with van der Waals surface area (Å²) in [5.41, 5.74) is 11.3. The number of para-hydroxylation sites is 2. The summed E-state index contributed by atoms with van der Waals surface area (Å²) in [6.45, 7) is 0. The maximum atomic E-state index is 5.66. The van der Waals surface area contributed by atoms with Crippen LogP contribution in [0.25, 0.3) is 0 Å². The molecule has 0 aromatic heterocycles. The summed E-state index contributed by atoms with van der Waals surface area (Å²) < 4.78 is 11.2. The van der Waals surface area contributed by atoms with Crippen molar-refractivity contribution in [3.63, 3.8) is 0 Å². The van der Waals surface area contributed by atoms with Crippen LogP contribution in [0.5, 0.6) is 11.5 Å². The molecular formula is C14H16N2O2. The fraction of sp³-hybridized carbons (Fsp3) is 0.143. The minimum atomic E-state index is -0.731. The first-order chi connectivity index (χ1) is 8.75. The van der Waals surface area contributed by atoms with Gasteiger partial charge in [-0.25, -0.2) is 0 Å². The molecule has 0 spiro atoms. The first-order valence-corrected chi connectivity index (χ1v) is 5.70. The summed E-state index contributed by atoms with van der Waals surface area (Å²) in [6.07, 6.45) is -1.46. The van der Waals surface area contributed by atoms with Gasteiger partial charge in [0.1, 0.15) is 17.7 Å². The van der Waals surface area contributed by atoms with Crippen LogP contribution in [0.4, 0.5) is 0 Å². The van der Waals surface area contributed by atoms with Crippen molar-refractivity contribution in [1.29, 1.82) is 0 Å². The minimum absolute atomic E-state index is 0.666. The van der Waals surface area contributed by atoms with Crippen LogP contribution in [-0.4, -0.2) is 12.5 Å². The van der Waals surface area contributed by atoms with Gasteiger partial charge in [0, 0.05) is 0 Å². The summed E-state index contributed by atoms with van der Waals surface area (Å²) in [7, 11) is 0. The van der Waals surface area contributed by atoms with E-state index in [0.29, 0.717) is 11.5 Å². The van der Waals surface area contributed by atoms with Crippen LogP contribution >= 0.6 is 0 Å². The number of benzene rings is 2. The van der Waals surface area contributed by atoms with E-state index in [-0.39, 0.29) is 0 Å². The molecule has 94 valence electrons. The van der Waals surface area contributed by atoms with Gasteiger partial charge >= 0.3 is 0 Å². The number of hydrogen-bond acceptors (Lipinski definition) is 4. The maximum absolute atomic E-state index is 5.66. The lowest BCUT2D eigenvalue weighted by atomic mass is 10.3. The summed E-state index contributed by atoms with van der Waals surface area (Å²) in [4.78, 5) is 0. The average molecular weight is 244 g/mol. The molecule has 4 nitrogen and oxygen atoms in total. The molecule has 0 fully saturated rings. The van der Waals surface area contributed by atoms with Crippen molar-refractivity contribution in [3.05, 3.63) is 60.7 Å². The van der Waals surface area contributed by atoms with Gasteiger partial charge in [-0.15, -0.1) is 0 Å². The third-order valence-electron chi connectivity index (χ3n) is 2.31. The van der Waals surface area contributed by atoms with Crippen LogP contribution in [0.2, 0.25) is 0 Å². The van der Waals surface area contributed by atoms with E-state index in [1.54, 1.807) is 0 Å². The lowest BCUT2D eigenvalue weighted by Gasteiger charge is -2.23. The van der Waals surface area contributed by atoms with Gasteiger partial charge in [-0.3, -0.25) is 0 Å². The molecule has 4 N–H and O–H groups in total. The van der Waals surface area contributed by atoms with Crippen LogP contribution < -0.4 is 20.9 Å². The van der Waals surface area contributed by atoms with Gasteiger partial charge in [-0.1, -0.05) is 36.4 Å². The summed E-state index contributed by atoms with van der Waals surface area (Å²) >= 11 is 0. The molecule has 0 atom stereocenters. The molecule has 0 bridgehead atoms. The molecule has 0 saturated carbocycles. The Kier molecular flexibility index (Phi) is 4.17. The lowest BCUT2D eigenvalue weighted by Crippen LogP contribution is -2.49. The lowest BCUT2D eigenvalue weighted by molar-refractivity contribution is -0.0128. The van der Waals surface area contributed by atoms with Gasteiger partial charge in [0.25, 0.3) is 6.29 Å². The number of nitrogens with two attached hydrogens (primary N) is 2. The van der Waals surface area contributed by atoms with E-state index in [1.165, 1.54) is 0 Å².